The number of fused-ring (bicyclic) bond motifs is 1. The van der Waals surface area contributed by atoms with E-state index >= 15 is 0 Å². The first kappa shape index (κ1) is 29.3. The van der Waals surface area contributed by atoms with Crippen LogP contribution in [0.5, 0.6) is 51.7 Å². The van der Waals surface area contributed by atoms with Crippen LogP contribution in [0.1, 0.15) is 27.6 Å². The van der Waals surface area contributed by atoms with Crippen LogP contribution in [0.25, 0.3) is 0 Å². The lowest BCUT2D eigenvalue weighted by Crippen LogP contribution is -2.35. The van der Waals surface area contributed by atoms with Gasteiger partial charge in [0, 0.05) is 29.7 Å². The Hall–Kier alpha value is -4.67. The van der Waals surface area contributed by atoms with Gasteiger partial charge in [0.15, 0.2) is 29.1 Å². The van der Waals surface area contributed by atoms with Crippen LogP contribution in [0.15, 0.2) is 36.4 Å². The van der Waals surface area contributed by atoms with Crippen molar-refractivity contribution in [3.8, 4) is 51.7 Å². The molecule has 41 heavy (non-hydrogen) atoms. The van der Waals surface area contributed by atoms with Gasteiger partial charge in [-0.1, -0.05) is 0 Å². The lowest BCUT2D eigenvalue weighted by molar-refractivity contribution is -0.0189. The molecule has 0 saturated carbocycles. The first-order valence-corrected chi connectivity index (χ1v) is 12.6. The molecule has 0 N–H and O–H groups in total. The predicted molar refractivity (Wildman–Crippen MR) is 148 cm³/mol. The summed E-state index contributed by atoms with van der Waals surface area (Å²) in [6, 6.07) is 10.1. The lowest BCUT2D eigenvalue weighted by atomic mass is 9.93. The van der Waals surface area contributed by atoms with E-state index in [9.17, 15) is 4.79 Å². The molecule has 0 spiro atoms. The van der Waals surface area contributed by atoms with Crippen LogP contribution >= 0.6 is 0 Å². The second kappa shape index (κ2) is 12.7. The first-order valence-electron chi connectivity index (χ1n) is 12.6. The topological polar surface area (TPSA) is 109 Å². The number of methoxy groups -OCH3 is 8. The molecule has 1 aliphatic rings. The fourth-order valence-electron chi connectivity index (χ4n) is 4.78. The van der Waals surface area contributed by atoms with Crippen molar-refractivity contribution in [3.63, 3.8) is 0 Å². The zero-order chi connectivity index (χ0) is 29.7. The number of hydrogen-bond acceptors (Lipinski definition) is 11. The van der Waals surface area contributed by atoms with Gasteiger partial charge in [-0.3, -0.25) is 0 Å². The normalized spacial score (nSPS) is 15.5. The third-order valence-electron chi connectivity index (χ3n) is 6.77. The molecule has 11 heteroatoms. The van der Waals surface area contributed by atoms with Crippen LogP contribution in [0.4, 0.5) is 0 Å². The molecule has 0 saturated heterocycles. The van der Waals surface area contributed by atoms with Gasteiger partial charge in [-0.05, 0) is 24.3 Å². The Kier molecular flexibility index (Phi) is 9.06. The number of ether oxygens (including phenoxy) is 10. The molecule has 4 rings (SSSR count). The molecule has 0 bridgehead atoms. The molecule has 0 radical (unpaired) electrons. The fourth-order valence-corrected chi connectivity index (χ4v) is 4.78. The van der Waals surface area contributed by atoms with E-state index in [1.807, 2.05) is 0 Å². The van der Waals surface area contributed by atoms with Crippen LogP contribution in [0.2, 0.25) is 0 Å². The van der Waals surface area contributed by atoms with E-state index in [4.69, 9.17) is 47.4 Å². The zero-order valence-electron chi connectivity index (χ0n) is 24.3. The number of rotatable bonds is 11. The van der Waals surface area contributed by atoms with E-state index in [0.29, 0.717) is 57.3 Å². The highest BCUT2D eigenvalue weighted by atomic mass is 16.6. The summed E-state index contributed by atoms with van der Waals surface area (Å²) < 4.78 is 56.5. The predicted octanol–water partition coefficient (Wildman–Crippen LogP) is 4.66. The first-order chi connectivity index (χ1) is 19.8. The Balaban J connectivity index is 1.81. The Labute approximate surface area is 238 Å². The van der Waals surface area contributed by atoms with Gasteiger partial charge >= 0.3 is 5.97 Å². The zero-order valence-corrected chi connectivity index (χ0v) is 24.3. The SMILES string of the molecule is COc1cc(OC)c2c(c1)O[C@@H](c1cc(OC)c(OC)c(OC)c1)[C@H](OC(=O)c1cc(OC)c(OC)c(OC)c1)C2. The summed E-state index contributed by atoms with van der Waals surface area (Å²) in [6.45, 7) is 0. The van der Waals surface area contributed by atoms with Crippen molar-refractivity contribution in [1.82, 2.24) is 0 Å². The van der Waals surface area contributed by atoms with Crippen LogP contribution in [-0.4, -0.2) is 69.0 Å². The maximum atomic E-state index is 13.6. The highest BCUT2D eigenvalue weighted by Gasteiger charge is 2.38. The van der Waals surface area contributed by atoms with Crippen molar-refractivity contribution >= 4 is 5.97 Å². The van der Waals surface area contributed by atoms with Gasteiger partial charge in [0.25, 0.3) is 0 Å². The summed E-state index contributed by atoms with van der Waals surface area (Å²) in [7, 11) is 12.1. The summed E-state index contributed by atoms with van der Waals surface area (Å²) in [4.78, 5) is 13.6. The van der Waals surface area contributed by atoms with Crippen molar-refractivity contribution in [2.75, 3.05) is 56.9 Å². The van der Waals surface area contributed by atoms with Gasteiger partial charge in [-0.25, -0.2) is 4.79 Å². The minimum atomic E-state index is -0.792. The second-order valence-electron chi connectivity index (χ2n) is 8.87. The molecular formula is C30H34O11. The fraction of sp³-hybridized carbons (Fsp3) is 0.367. The second-order valence-corrected chi connectivity index (χ2v) is 8.87. The third kappa shape index (κ3) is 5.65. The standard InChI is InChI=1S/C30H34O11/c1-32-18-13-20(33-2)19-15-26(41-30(31)17-11-24(36-5)29(39-8)25(12-17)37-6)27(40-21(19)14-18)16-9-22(34-3)28(38-7)23(10-16)35-4/h9-14,26-27H,15H2,1-8H3/t26-,27+/m1/s1. The molecule has 0 amide bonds. The van der Waals surface area contributed by atoms with Crippen molar-refractivity contribution in [1.29, 1.82) is 0 Å². The van der Waals surface area contributed by atoms with E-state index in [-0.39, 0.29) is 12.0 Å². The largest absolute Gasteiger partial charge is 0.496 e. The smallest absolute Gasteiger partial charge is 0.338 e. The molecule has 3 aromatic rings. The molecule has 11 nitrogen and oxygen atoms in total. The van der Waals surface area contributed by atoms with E-state index in [1.54, 1.807) is 38.5 Å². The summed E-state index contributed by atoms with van der Waals surface area (Å²) in [5.74, 6) is 3.26. The number of benzene rings is 3. The van der Waals surface area contributed by atoms with Crippen molar-refractivity contribution in [2.24, 2.45) is 0 Å². The molecule has 3 aromatic carbocycles. The summed E-state index contributed by atoms with van der Waals surface area (Å²) in [5.41, 5.74) is 1.56. The van der Waals surface area contributed by atoms with Crippen LogP contribution in [0, 0.1) is 0 Å². The van der Waals surface area contributed by atoms with Crippen molar-refractivity contribution in [2.45, 2.75) is 18.6 Å². The highest BCUT2D eigenvalue weighted by Crippen LogP contribution is 2.47. The molecule has 0 aromatic heterocycles. The van der Waals surface area contributed by atoms with Crippen molar-refractivity contribution < 1.29 is 52.2 Å². The highest BCUT2D eigenvalue weighted by molar-refractivity contribution is 5.91. The number of carbonyl (C=O) groups excluding carboxylic acids is 1. The molecule has 2 atom stereocenters. The molecule has 0 aliphatic carbocycles. The average Bonchev–Trinajstić information content (AvgIpc) is 3.02. The van der Waals surface area contributed by atoms with E-state index < -0.39 is 18.2 Å². The minimum Gasteiger partial charge on any atom is -0.496 e. The Morgan fingerprint density at radius 1 is 0.634 bits per heavy atom. The van der Waals surface area contributed by atoms with Crippen LogP contribution in [-0.2, 0) is 11.2 Å². The monoisotopic (exact) mass is 570 g/mol. The van der Waals surface area contributed by atoms with Gasteiger partial charge in [-0.15, -0.1) is 0 Å². The van der Waals surface area contributed by atoms with Crippen LogP contribution < -0.4 is 42.6 Å². The van der Waals surface area contributed by atoms with E-state index in [2.05, 4.69) is 0 Å². The van der Waals surface area contributed by atoms with Gasteiger partial charge in [0.05, 0.1) is 62.4 Å². The average molecular weight is 571 g/mol. The number of esters is 1. The Morgan fingerprint density at radius 2 is 1.15 bits per heavy atom. The molecule has 220 valence electrons. The third-order valence-corrected chi connectivity index (χ3v) is 6.77. The van der Waals surface area contributed by atoms with Gasteiger partial charge in [0.2, 0.25) is 11.5 Å². The molecule has 0 unspecified atom stereocenters. The van der Waals surface area contributed by atoms with Gasteiger partial charge in [0.1, 0.15) is 23.4 Å². The van der Waals surface area contributed by atoms with Crippen molar-refractivity contribution in [3.05, 3.63) is 53.1 Å². The van der Waals surface area contributed by atoms with Gasteiger partial charge in [-0.2, -0.15) is 0 Å². The minimum absolute atomic E-state index is 0.204. The maximum absolute atomic E-state index is 13.6. The molecule has 1 aliphatic heterocycles. The molecule has 1 heterocycles. The number of hydrogen-bond donors (Lipinski definition) is 0. The molecule has 0 fully saturated rings. The number of carbonyl (C=O) groups is 1. The van der Waals surface area contributed by atoms with E-state index in [0.717, 1.165) is 5.56 Å². The summed E-state index contributed by atoms with van der Waals surface area (Å²) in [5, 5.41) is 0. The molecular weight excluding hydrogens is 536 g/mol. The summed E-state index contributed by atoms with van der Waals surface area (Å²) >= 11 is 0. The van der Waals surface area contributed by atoms with Crippen LogP contribution in [0.3, 0.4) is 0 Å². The summed E-state index contributed by atoms with van der Waals surface area (Å²) in [6.07, 6.45) is -1.28. The lowest BCUT2D eigenvalue weighted by Gasteiger charge is -2.34. The van der Waals surface area contributed by atoms with E-state index in [1.165, 1.54) is 54.8 Å². The maximum Gasteiger partial charge on any atom is 0.338 e. The Bertz CT molecular complexity index is 1350. The van der Waals surface area contributed by atoms with Gasteiger partial charge < -0.3 is 47.4 Å². The quantitative estimate of drug-likeness (QED) is 0.300. The Morgan fingerprint density at radius 3 is 1.61 bits per heavy atom.